The van der Waals surface area contributed by atoms with E-state index in [-0.39, 0.29) is 0 Å². The topological polar surface area (TPSA) is 27.7 Å². The van der Waals surface area contributed by atoms with Gasteiger partial charge in [-0.2, -0.15) is 0 Å². The highest BCUT2D eigenvalue weighted by molar-refractivity contribution is 6.26. The van der Waals surface area contributed by atoms with Crippen LogP contribution in [0.2, 0.25) is 6.04 Å². The summed E-state index contributed by atoms with van der Waals surface area (Å²) in [6, 6.07) is 1.12. The highest BCUT2D eigenvalue weighted by Gasteiger charge is 2.26. The van der Waals surface area contributed by atoms with Crippen molar-refractivity contribution < 1.29 is 13.9 Å². The van der Waals surface area contributed by atoms with E-state index in [1.165, 1.54) is 0 Å². The standard InChI is InChI=1S/C14H28O3Si/c1-8-11-18-17-12(15-13(4,5)9-2)16-14(6,7)10-3/h9-10,12H,2-3,8,11,18H2,1,4-7H3. The molecule has 3 nitrogen and oxygen atoms in total. The third-order valence-corrected chi connectivity index (χ3v) is 4.04. The van der Waals surface area contributed by atoms with Crippen LogP contribution in [0.5, 0.6) is 0 Å². The summed E-state index contributed by atoms with van der Waals surface area (Å²) >= 11 is 0. The van der Waals surface area contributed by atoms with E-state index >= 15 is 0 Å². The van der Waals surface area contributed by atoms with Crippen LogP contribution >= 0.6 is 0 Å². The molecule has 0 aliphatic carbocycles. The third-order valence-electron chi connectivity index (χ3n) is 2.53. The fourth-order valence-electron chi connectivity index (χ4n) is 1.01. The molecule has 0 aromatic carbocycles. The molecular formula is C14H28O3Si. The van der Waals surface area contributed by atoms with Crippen molar-refractivity contribution in [3.63, 3.8) is 0 Å². The van der Waals surface area contributed by atoms with Crippen LogP contribution in [0.3, 0.4) is 0 Å². The van der Waals surface area contributed by atoms with Gasteiger partial charge in [-0.05, 0) is 33.7 Å². The van der Waals surface area contributed by atoms with Gasteiger partial charge in [0.1, 0.15) is 0 Å². The average molecular weight is 272 g/mol. The van der Waals surface area contributed by atoms with Gasteiger partial charge in [-0.25, -0.2) is 0 Å². The normalized spacial score (nSPS) is 13.4. The van der Waals surface area contributed by atoms with Crippen LogP contribution in [0, 0.1) is 0 Å². The maximum atomic E-state index is 5.80. The van der Waals surface area contributed by atoms with Crippen molar-refractivity contribution in [2.45, 2.75) is 64.8 Å². The van der Waals surface area contributed by atoms with Gasteiger partial charge in [0.05, 0.1) is 11.2 Å². The number of rotatable bonds is 10. The van der Waals surface area contributed by atoms with Crippen LogP contribution in [-0.4, -0.2) is 27.4 Å². The minimum atomic E-state index is -0.649. The summed E-state index contributed by atoms with van der Waals surface area (Å²) in [6.07, 6.45) is 4.62. The summed E-state index contributed by atoms with van der Waals surface area (Å²) in [5.74, 6) is 0. The smallest absolute Gasteiger partial charge is 0.263 e. The molecule has 0 saturated heterocycles. The molecule has 0 atom stereocenters. The van der Waals surface area contributed by atoms with E-state index in [9.17, 15) is 0 Å². The molecule has 0 N–H and O–H groups in total. The molecule has 0 amide bonds. The van der Waals surface area contributed by atoms with Crippen LogP contribution in [-0.2, 0) is 13.9 Å². The van der Waals surface area contributed by atoms with E-state index in [0.717, 1.165) is 12.5 Å². The van der Waals surface area contributed by atoms with E-state index in [2.05, 4.69) is 20.1 Å². The second-order valence-electron chi connectivity index (χ2n) is 5.36. The Bertz CT molecular complexity index is 240. The Balaban J connectivity index is 4.51. The Hall–Kier alpha value is -0.423. The van der Waals surface area contributed by atoms with E-state index in [4.69, 9.17) is 13.9 Å². The van der Waals surface area contributed by atoms with Gasteiger partial charge in [-0.1, -0.05) is 25.5 Å². The number of ether oxygens (including phenoxy) is 2. The molecular weight excluding hydrogens is 244 g/mol. The molecule has 0 rings (SSSR count). The van der Waals surface area contributed by atoms with Crippen molar-refractivity contribution in [1.29, 1.82) is 0 Å². The van der Waals surface area contributed by atoms with Crippen molar-refractivity contribution in [3.05, 3.63) is 25.3 Å². The molecule has 0 heterocycles. The summed E-state index contributed by atoms with van der Waals surface area (Å²) in [6.45, 7) is 16.7. The lowest BCUT2D eigenvalue weighted by molar-refractivity contribution is -0.304. The first kappa shape index (κ1) is 17.6. The first-order chi connectivity index (χ1) is 8.26. The Labute approximate surface area is 114 Å². The van der Waals surface area contributed by atoms with Gasteiger partial charge in [0, 0.05) is 0 Å². The van der Waals surface area contributed by atoms with Crippen molar-refractivity contribution in [2.75, 3.05) is 0 Å². The molecule has 0 unspecified atom stereocenters. The van der Waals surface area contributed by atoms with Gasteiger partial charge in [-0.15, -0.1) is 13.2 Å². The molecule has 0 aliphatic rings. The highest BCUT2D eigenvalue weighted by Crippen LogP contribution is 2.20. The van der Waals surface area contributed by atoms with Crippen LogP contribution in [0.15, 0.2) is 25.3 Å². The monoisotopic (exact) mass is 272 g/mol. The van der Waals surface area contributed by atoms with Crippen LogP contribution in [0.25, 0.3) is 0 Å². The van der Waals surface area contributed by atoms with Crippen LogP contribution in [0.1, 0.15) is 41.0 Å². The van der Waals surface area contributed by atoms with Gasteiger partial charge in [0.2, 0.25) is 0 Å². The fourth-order valence-corrected chi connectivity index (χ4v) is 1.79. The maximum Gasteiger partial charge on any atom is 0.263 e. The highest BCUT2D eigenvalue weighted by atomic mass is 28.2. The van der Waals surface area contributed by atoms with Crippen molar-refractivity contribution in [3.8, 4) is 0 Å². The quantitative estimate of drug-likeness (QED) is 0.265. The molecule has 18 heavy (non-hydrogen) atoms. The summed E-state index contributed by atoms with van der Waals surface area (Å²) in [5, 5.41) is 0. The minimum Gasteiger partial charge on any atom is -0.379 e. The molecule has 0 aliphatic heterocycles. The van der Waals surface area contributed by atoms with E-state index in [1.807, 2.05) is 27.7 Å². The Kier molecular flexibility index (Phi) is 7.71. The number of hydrogen-bond donors (Lipinski definition) is 0. The van der Waals surface area contributed by atoms with Crippen LogP contribution in [0.4, 0.5) is 0 Å². The second kappa shape index (κ2) is 7.89. The molecule has 0 saturated carbocycles. The summed E-state index contributed by atoms with van der Waals surface area (Å²) in [5.41, 5.74) is -0.939. The summed E-state index contributed by atoms with van der Waals surface area (Å²) < 4.78 is 17.3. The SMILES string of the molecule is C=CC(C)(C)OC(O[SiH2]CCC)OC(C)(C)C=C. The molecule has 0 radical (unpaired) electrons. The van der Waals surface area contributed by atoms with E-state index < -0.39 is 27.4 Å². The predicted molar refractivity (Wildman–Crippen MR) is 79.2 cm³/mol. The first-order valence-corrected chi connectivity index (χ1v) is 8.08. The summed E-state index contributed by atoms with van der Waals surface area (Å²) in [4.78, 5) is 0. The lowest BCUT2D eigenvalue weighted by Gasteiger charge is -2.33. The predicted octanol–water partition coefficient (Wildman–Crippen LogP) is 3.16. The number of hydrogen-bond acceptors (Lipinski definition) is 3. The Morgan fingerprint density at radius 3 is 1.83 bits per heavy atom. The van der Waals surface area contributed by atoms with E-state index in [1.54, 1.807) is 12.2 Å². The molecule has 4 heteroatoms. The average Bonchev–Trinajstić information content (AvgIpc) is 2.28. The molecule has 0 spiro atoms. The third kappa shape index (κ3) is 7.82. The van der Waals surface area contributed by atoms with Gasteiger partial charge in [-0.3, -0.25) is 0 Å². The zero-order chi connectivity index (χ0) is 14.2. The van der Waals surface area contributed by atoms with Crippen molar-refractivity contribution in [2.24, 2.45) is 0 Å². The Morgan fingerprint density at radius 1 is 1.06 bits per heavy atom. The van der Waals surface area contributed by atoms with Crippen molar-refractivity contribution >= 4 is 9.76 Å². The van der Waals surface area contributed by atoms with Crippen LogP contribution < -0.4 is 0 Å². The second-order valence-corrected chi connectivity index (χ2v) is 6.81. The Morgan fingerprint density at radius 2 is 1.50 bits per heavy atom. The van der Waals surface area contributed by atoms with Gasteiger partial charge >= 0.3 is 0 Å². The molecule has 0 bridgehead atoms. The largest absolute Gasteiger partial charge is 0.379 e. The van der Waals surface area contributed by atoms with Gasteiger partial charge < -0.3 is 13.9 Å². The zero-order valence-electron chi connectivity index (χ0n) is 12.5. The lowest BCUT2D eigenvalue weighted by atomic mass is 10.1. The van der Waals surface area contributed by atoms with Gasteiger partial charge in [0.25, 0.3) is 6.48 Å². The summed E-state index contributed by atoms with van der Waals surface area (Å²) in [7, 11) is -0.608. The fraction of sp³-hybridized carbons (Fsp3) is 0.714. The minimum absolute atomic E-state index is 0.470. The molecule has 0 aromatic rings. The maximum absolute atomic E-state index is 5.80. The molecule has 0 fully saturated rings. The van der Waals surface area contributed by atoms with Gasteiger partial charge in [0.15, 0.2) is 9.76 Å². The van der Waals surface area contributed by atoms with E-state index in [0.29, 0.717) is 0 Å². The molecule has 0 aromatic heterocycles. The van der Waals surface area contributed by atoms with Crippen molar-refractivity contribution in [1.82, 2.24) is 0 Å². The molecule has 106 valence electrons. The zero-order valence-corrected chi connectivity index (χ0v) is 13.9. The first-order valence-electron chi connectivity index (χ1n) is 6.50. The lowest BCUT2D eigenvalue weighted by Crippen LogP contribution is -2.38.